The van der Waals surface area contributed by atoms with E-state index in [0.717, 1.165) is 19.3 Å². The third kappa shape index (κ3) is 2.23. The van der Waals surface area contributed by atoms with Crippen molar-refractivity contribution < 1.29 is 9.90 Å². The lowest BCUT2D eigenvalue weighted by atomic mass is 9.68. The van der Waals surface area contributed by atoms with E-state index in [0.29, 0.717) is 11.8 Å². The first-order valence-electron chi connectivity index (χ1n) is 5.19. The van der Waals surface area contributed by atoms with Gasteiger partial charge in [0.05, 0.1) is 5.41 Å². The van der Waals surface area contributed by atoms with E-state index < -0.39 is 11.4 Å². The topological polar surface area (TPSA) is 37.3 Å². The van der Waals surface area contributed by atoms with Crippen LogP contribution in [0.5, 0.6) is 0 Å². The van der Waals surface area contributed by atoms with E-state index in [4.69, 9.17) is 5.11 Å². The standard InChI is InChI=1S/C11H20O2/c1-8(2)9-5-4-6-11(3,7-9)10(12)13/h8-9H,4-7H2,1-3H3,(H,12,13)/t9-,11-/m1/s1. The zero-order valence-electron chi connectivity index (χ0n) is 8.84. The fraction of sp³-hybridized carbons (Fsp3) is 0.909. The Morgan fingerprint density at radius 3 is 2.62 bits per heavy atom. The van der Waals surface area contributed by atoms with Crippen LogP contribution in [0, 0.1) is 17.3 Å². The molecule has 0 radical (unpaired) electrons. The third-order valence-electron chi connectivity index (χ3n) is 3.48. The highest BCUT2D eigenvalue weighted by atomic mass is 16.4. The second kappa shape index (κ2) is 3.69. The summed E-state index contributed by atoms with van der Waals surface area (Å²) in [6, 6.07) is 0. The summed E-state index contributed by atoms with van der Waals surface area (Å²) < 4.78 is 0. The minimum atomic E-state index is -0.613. The van der Waals surface area contributed by atoms with E-state index in [-0.39, 0.29) is 0 Å². The highest BCUT2D eigenvalue weighted by Crippen LogP contribution is 2.41. The molecule has 0 unspecified atom stereocenters. The smallest absolute Gasteiger partial charge is 0.309 e. The summed E-state index contributed by atoms with van der Waals surface area (Å²) in [4.78, 5) is 11.0. The minimum Gasteiger partial charge on any atom is -0.481 e. The Labute approximate surface area is 80.3 Å². The first kappa shape index (κ1) is 10.6. The van der Waals surface area contributed by atoms with E-state index >= 15 is 0 Å². The molecule has 0 aromatic rings. The molecule has 0 amide bonds. The van der Waals surface area contributed by atoms with Gasteiger partial charge in [0, 0.05) is 0 Å². The van der Waals surface area contributed by atoms with Gasteiger partial charge in [-0.25, -0.2) is 0 Å². The van der Waals surface area contributed by atoms with Crippen LogP contribution >= 0.6 is 0 Å². The second-order valence-corrected chi connectivity index (χ2v) is 4.97. The summed E-state index contributed by atoms with van der Waals surface area (Å²) in [6.45, 7) is 6.28. The number of rotatable bonds is 2. The molecular formula is C11H20O2. The van der Waals surface area contributed by atoms with Crippen molar-refractivity contribution >= 4 is 5.97 Å². The van der Waals surface area contributed by atoms with Gasteiger partial charge in [0.2, 0.25) is 0 Å². The summed E-state index contributed by atoms with van der Waals surface area (Å²) in [7, 11) is 0. The number of carboxylic acid groups (broad SMARTS) is 1. The SMILES string of the molecule is CC(C)[C@@H]1CCC[C@@](C)(C(=O)O)C1. The summed E-state index contributed by atoms with van der Waals surface area (Å²) in [5, 5.41) is 9.10. The lowest BCUT2D eigenvalue weighted by Crippen LogP contribution is -2.35. The van der Waals surface area contributed by atoms with Crippen molar-refractivity contribution in [1.82, 2.24) is 0 Å². The molecule has 0 saturated heterocycles. The van der Waals surface area contributed by atoms with Crippen LogP contribution < -0.4 is 0 Å². The predicted molar refractivity (Wildman–Crippen MR) is 52.5 cm³/mol. The maximum atomic E-state index is 11.0. The highest BCUT2D eigenvalue weighted by Gasteiger charge is 2.39. The molecule has 0 aromatic heterocycles. The van der Waals surface area contributed by atoms with Crippen molar-refractivity contribution in [3.05, 3.63) is 0 Å². The molecule has 0 aromatic carbocycles. The molecule has 2 nitrogen and oxygen atoms in total. The van der Waals surface area contributed by atoms with Gasteiger partial charge >= 0.3 is 5.97 Å². The van der Waals surface area contributed by atoms with Crippen molar-refractivity contribution in [2.75, 3.05) is 0 Å². The second-order valence-electron chi connectivity index (χ2n) is 4.97. The first-order valence-corrected chi connectivity index (χ1v) is 5.19. The number of hydrogen-bond donors (Lipinski definition) is 1. The van der Waals surface area contributed by atoms with Crippen LogP contribution in [0.2, 0.25) is 0 Å². The molecule has 1 fully saturated rings. The van der Waals surface area contributed by atoms with Gasteiger partial charge in [0.1, 0.15) is 0 Å². The normalized spacial score (nSPS) is 34.9. The molecule has 1 N–H and O–H groups in total. The van der Waals surface area contributed by atoms with Crippen LogP contribution in [-0.2, 0) is 4.79 Å². The summed E-state index contributed by atoms with van der Waals surface area (Å²) >= 11 is 0. The van der Waals surface area contributed by atoms with Gasteiger partial charge in [-0.2, -0.15) is 0 Å². The fourth-order valence-corrected chi connectivity index (χ4v) is 2.30. The van der Waals surface area contributed by atoms with Crippen molar-refractivity contribution in [2.45, 2.75) is 46.5 Å². The van der Waals surface area contributed by atoms with Crippen molar-refractivity contribution in [2.24, 2.45) is 17.3 Å². The number of carboxylic acids is 1. The Morgan fingerprint density at radius 1 is 1.54 bits per heavy atom. The van der Waals surface area contributed by atoms with Gasteiger partial charge in [0.25, 0.3) is 0 Å². The number of aliphatic carboxylic acids is 1. The largest absolute Gasteiger partial charge is 0.481 e. The summed E-state index contributed by atoms with van der Waals surface area (Å²) in [6.07, 6.45) is 4.00. The lowest BCUT2D eigenvalue weighted by molar-refractivity contribution is -0.151. The predicted octanol–water partition coefficient (Wildman–Crippen LogP) is 2.92. The quantitative estimate of drug-likeness (QED) is 0.716. The Kier molecular flexibility index (Phi) is 2.99. The first-order chi connectivity index (χ1) is 5.96. The summed E-state index contributed by atoms with van der Waals surface area (Å²) in [5.41, 5.74) is -0.451. The van der Waals surface area contributed by atoms with Gasteiger partial charge < -0.3 is 5.11 Å². The average molecular weight is 184 g/mol. The lowest BCUT2D eigenvalue weighted by Gasteiger charge is -2.36. The number of carbonyl (C=O) groups is 1. The zero-order valence-corrected chi connectivity index (χ0v) is 8.84. The maximum absolute atomic E-state index is 11.0. The van der Waals surface area contributed by atoms with Crippen LogP contribution in [0.25, 0.3) is 0 Å². The van der Waals surface area contributed by atoms with Gasteiger partial charge in [-0.05, 0) is 31.6 Å². The molecule has 2 atom stereocenters. The monoisotopic (exact) mass is 184 g/mol. The van der Waals surface area contributed by atoms with Gasteiger partial charge in [-0.1, -0.05) is 26.7 Å². The fourth-order valence-electron chi connectivity index (χ4n) is 2.30. The number of hydrogen-bond acceptors (Lipinski definition) is 1. The molecule has 13 heavy (non-hydrogen) atoms. The average Bonchev–Trinajstić information content (AvgIpc) is 2.04. The Bertz CT molecular complexity index is 198. The molecule has 2 heteroatoms. The molecular weight excluding hydrogens is 164 g/mol. The van der Waals surface area contributed by atoms with E-state index in [1.165, 1.54) is 6.42 Å². The molecule has 0 heterocycles. The molecule has 0 bridgehead atoms. The molecule has 1 aliphatic carbocycles. The molecule has 0 aliphatic heterocycles. The van der Waals surface area contributed by atoms with Crippen molar-refractivity contribution in [1.29, 1.82) is 0 Å². The molecule has 1 saturated carbocycles. The Hall–Kier alpha value is -0.530. The maximum Gasteiger partial charge on any atom is 0.309 e. The summed E-state index contributed by atoms with van der Waals surface area (Å²) in [5.74, 6) is 0.617. The molecule has 76 valence electrons. The van der Waals surface area contributed by atoms with Gasteiger partial charge in [-0.3, -0.25) is 4.79 Å². The third-order valence-corrected chi connectivity index (χ3v) is 3.48. The van der Waals surface area contributed by atoms with Crippen LogP contribution in [-0.4, -0.2) is 11.1 Å². The van der Waals surface area contributed by atoms with E-state index in [1.807, 2.05) is 6.92 Å². The van der Waals surface area contributed by atoms with Gasteiger partial charge in [0.15, 0.2) is 0 Å². The van der Waals surface area contributed by atoms with Crippen LogP contribution in [0.4, 0.5) is 0 Å². The van der Waals surface area contributed by atoms with Crippen LogP contribution in [0.3, 0.4) is 0 Å². The van der Waals surface area contributed by atoms with E-state index in [2.05, 4.69) is 13.8 Å². The molecule has 1 aliphatic rings. The molecule has 0 spiro atoms. The van der Waals surface area contributed by atoms with E-state index in [9.17, 15) is 4.79 Å². The Balaban J connectivity index is 2.65. The zero-order chi connectivity index (χ0) is 10.1. The highest BCUT2D eigenvalue weighted by molar-refractivity contribution is 5.74. The van der Waals surface area contributed by atoms with Crippen LogP contribution in [0.15, 0.2) is 0 Å². The Morgan fingerprint density at radius 2 is 2.15 bits per heavy atom. The minimum absolute atomic E-state index is 0.451. The van der Waals surface area contributed by atoms with Crippen molar-refractivity contribution in [3.63, 3.8) is 0 Å². The van der Waals surface area contributed by atoms with Crippen molar-refractivity contribution in [3.8, 4) is 0 Å². The molecule has 1 rings (SSSR count). The van der Waals surface area contributed by atoms with E-state index in [1.54, 1.807) is 0 Å². The van der Waals surface area contributed by atoms with Crippen LogP contribution in [0.1, 0.15) is 46.5 Å². The van der Waals surface area contributed by atoms with Gasteiger partial charge in [-0.15, -0.1) is 0 Å².